The highest BCUT2D eigenvalue weighted by Gasteiger charge is 2.26. The molecule has 0 radical (unpaired) electrons. The Hall–Kier alpha value is -7.82. The molecule has 0 saturated heterocycles. The van der Waals surface area contributed by atoms with Gasteiger partial charge in [-0.1, -0.05) is 108 Å². The molecule has 0 spiro atoms. The zero-order valence-corrected chi connectivity index (χ0v) is 40.3. The zero-order chi connectivity index (χ0) is 46.8. The molecule has 0 unspecified atom stereocenters. The van der Waals surface area contributed by atoms with Crippen molar-refractivity contribution in [2.45, 2.75) is 62.3 Å². The van der Waals surface area contributed by atoms with Gasteiger partial charge in [-0.15, -0.1) is 0 Å². The molecule has 0 saturated carbocycles. The summed E-state index contributed by atoms with van der Waals surface area (Å²) in [6.45, 7) is 20.0. The molecule has 0 N–H and O–H groups in total. The molecule has 0 fully saturated rings. The molecule has 332 valence electrons. The van der Waals surface area contributed by atoms with Gasteiger partial charge < -0.3 is 19.6 Å². The lowest BCUT2D eigenvalue weighted by atomic mass is 9.98. The van der Waals surface area contributed by atoms with E-state index in [1.807, 2.05) is 0 Å². The van der Waals surface area contributed by atoms with Gasteiger partial charge in [0.25, 0.3) is 0 Å². The van der Waals surface area contributed by atoms with Gasteiger partial charge in [0.1, 0.15) is 0 Å². The van der Waals surface area contributed by atoms with E-state index in [0.717, 1.165) is 68.2 Å². The third kappa shape index (κ3) is 9.08. The average Bonchev–Trinajstić information content (AvgIpc) is 3.33. The second kappa shape index (κ2) is 19.0. The van der Waals surface area contributed by atoms with Crippen molar-refractivity contribution in [3.05, 3.63) is 250 Å². The van der Waals surface area contributed by atoms with Gasteiger partial charge in [0.2, 0.25) is 0 Å². The molecule has 0 aliphatic heterocycles. The van der Waals surface area contributed by atoms with Crippen LogP contribution in [0.4, 0.5) is 68.2 Å². The van der Waals surface area contributed by atoms with E-state index in [4.69, 9.17) is 0 Å². The first-order valence-corrected chi connectivity index (χ1v) is 23.3. The fourth-order valence-electron chi connectivity index (χ4n) is 9.29. The third-order valence-corrected chi connectivity index (χ3v) is 12.9. The summed E-state index contributed by atoms with van der Waals surface area (Å²) in [4.78, 5) is 9.67. The van der Waals surface area contributed by atoms with E-state index < -0.39 is 0 Å². The van der Waals surface area contributed by atoms with Crippen molar-refractivity contribution in [1.29, 1.82) is 0 Å². The molecule has 0 aromatic heterocycles. The van der Waals surface area contributed by atoms with Gasteiger partial charge in [0, 0.05) is 68.2 Å². The zero-order valence-electron chi connectivity index (χ0n) is 40.3. The Bertz CT molecular complexity index is 2800. The van der Waals surface area contributed by atoms with Crippen LogP contribution in [0.1, 0.15) is 50.1 Å². The summed E-state index contributed by atoms with van der Waals surface area (Å²) in [7, 11) is 0. The second-order valence-corrected chi connectivity index (χ2v) is 18.1. The second-order valence-electron chi connectivity index (χ2n) is 18.1. The predicted octanol–water partition coefficient (Wildman–Crippen LogP) is 18.3. The van der Waals surface area contributed by atoms with Crippen LogP contribution in [0.5, 0.6) is 0 Å². The molecule has 0 aliphatic carbocycles. The minimum absolute atomic E-state index is 1.12. The highest BCUT2D eigenvalue weighted by molar-refractivity contribution is 5.90. The summed E-state index contributed by atoms with van der Waals surface area (Å²) in [5, 5.41) is 0. The van der Waals surface area contributed by atoms with Gasteiger partial charge >= 0.3 is 0 Å². The Kier molecular flexibility index (Phi) is 12.6. The topological polar surface area (TPSA) is 13.0 Å². The number of hydrogen-bond donors (Lipinski definition) is 0. The Balaban J connectivity index is 1.25. The minimum atomic E-state index is 1.12. The molecule has 0 atom stereocenters. The van der Waals surface area contributed by atoms with E-state index >= 15 is 0 Å². The number of aryl methyl sites for hydroxylation is 9. The van der Waals surface area contributed by atoms with Crippen LogP contribution in [0.2, 0.25) is 0 Å². The average molecular weight is 873 g/mol. The Morgan fingerprint density at radius 2 is 0.373 bits per heavy atom. The first kappa shape index (κ1) is 44.4. The Morgan fingerprint density at radius 3 is 0.582 bits per heavy atom. The lowest BCUT2D eigenvalue weighted by Gasteiger charge is -2.35. The highest BCUT2D eigenvalue weighted by atomic mass is 15.2. The van der Waals surface area contributed by atoms with E-state index in [9.17, 15) is 0 Å². The van der Waals surface area contributed by atoms with Gasteiger partial charge in [-0.25, -0.2) is 0 Å². The maximum absolute atomic E-state index is 2.51. The van der Waals surface area contributed by atoms with Crippen LogP contribution < -0.4 is 19.6 Å². The molecule has 0 heterocycles. The molecule has 4 nitrogen and oxygen atoms in total. The van der Waals surface area contributed by atoms with E-state index in [1.54, 1.807) is 0 Å². The van der Waals surface area contributed by atoms with Gasteiger partial charge in [-0.05, 0) is 205 Å². The molecule has 9 aromatic carbocycles. The standard InChI is InChI=1S/C63H60N4/c1-43-25-31-55(32-26-43)64(52-19-13-10-14-20-52)58-37-49(7)61(40-46(58)4)67(62-41-47(5)59(38-50(62)8)65(53-21-15-11-16-22-53)56-33-27-44(2)28-34-56)63-42-48(6)60(39-51(63)9)66(54-23-17-12-18-24-54)57-35-29-45(3)30-36-57/h10-42H,1-9H3. The summed E-state index contributed by atoms with van der Waals surface area (Å²) in [6.07, 6.45) is 0. The number of hydrogen-bond acceptors (Lipinski definition) is 4. The maximum atomic E-state index is 2.51. The fourth-order valence-corrected chi connectivity index (χ4v) is 9.29. The monoisotopic (exact) mass is 872 g/mol. The molecule has 9 aromatic rings. The lowest BCUT2D eigenvalue weighted by Crippen LogP contribution is -2.18. The number of anilines is 12. The molecule has 0 amide bonds. The van der Waals surface area contributed by atoms with Crippen molar-refractivity contribution in [3.63, 3.8) is 0 Å². The fraction of sp³-hybridized carbons (Fsp3) is 0.143. The van der Waals surface area contributed by atoms with Crippen LogP contribution in [-0.4, -0.2) is 0 Å². The number of nitrogens with zero attached hydrogens (tertiary/aromatic N) is 4. The quantitative estimate of drug-likeness (QED) is 0.121. The third-order valence-electron chi connectivity index (χ3n) is 12.9. The summed E-state index contributed by atoms with van der Waals surface area (Å²) in [5.41, 5.74) is 24.4. The summed E-state index contributed by atoms with van der Waals surface area (Å²) in [5.74, 6) is 0. The van der Waals surface area contributed by atoms with Crippen molar-refractivity contribution in [1.82, 2.24) is 0 Å². The van der Waals surface area contributed by atoms with Crippen molar-refractivity contribution >= 4 is 68.2 Å². The van der Waals surface area contributed by atoms with Gasteiger partial charge in [-0.3, -0.25) is 0 Å². The molecule has 9 rings (SSSR count). The Labute approximate surface area is 398 Å². The first-order valence-electron chi connectivity index (χ1n) is 23.3. The van der Waals surface area contributed by atoms with Crippen LogP contribution >= 0.6 is 0 Å². The highest BCUT2D eigenvalue weighted by Crippen LogP contribution is 2.49. The van der Waals surface area contributed by atoms with E-state index in [1.165, 1.54) is 50.1 Å². The number of para-hydroxylation sites is 3. The summed E-state index contributed by atoms with van der Waals surface area (Å²) in [6, 6.07) is 73.0. The Morgan fingerprint density at radius 1 is 0.194 bits per heavy atom. The summed E-state index contributed by atoms with van der Waals surface area (Å²) < 4.78 is 0. The normalized spacial score (nSPS) is 11.1. The smallest absolute Gasteiger partial charge is 0.0495 e. The maximum Gasteiger partial charge on any atom is 0.0495 e. The summed E-state index contributed by atoms with van der Waals surface area (Å²) >= 11 is 0. The van der Waals surface area contributed by atoms with Gasteiger partial charge in [0.15, 0.2) is 0 Å². The lowest BCUT2D eigenvalue weighted by molar-refractivity contribution is 1.15. The predicted molar refractivity (Wildman–Crippen MR) is 288 cm³/mol. The SMILES string of the molecule is Cc1ccc(N(c2ccccc2)c2cc(C)c(N(c3cc(C)c(N(c4ccccc4)c4ccc(C)cc4)cc3C)c3cc(C)c(N(c4ccccc4)c4ccc(C)cc4)cc3C)cc2C)cc1. The van der Waals surface area contributed by atoms with E-state index in [0.29, 0.717) is 0 Å². The molecular formula is C63H60N4. The largest absolute Gasteiger partial charge is 0.310 e. The van der Waals surface area contributed by atoms with Crippen LogP contribution in [0.25, 0.3) is 0 Å². The molecule has 0 bridgehead atoms. The number of rotatable bonds is 12. The molecule has 0 aliphatic rings. The van der Waals surface area contributed by atoms with E-state index in [2.05, 4.69) is 282 Å². The van der Waals surface area contributed by atoms with Gasteiger partial charge in [0.05, 0.1) is 0 Å². The van der Waals surface area contributed by atoms with Crippen molar-refractivity contribution in [3.8, 4) is 0 Å². The molecular weight excluding hydrogens is 813 g/mol. The van der Waals surface area contributed by atoms with Crippen LogP contribution in [0, 0.1) is 62.3 Å². The molecule has 4 heteroatoms. The van der Waals surface area contributed by atoms with Crippen LogP contribution in [-0.2, 0) is 0 Å². The van der Waals surface area contributed by atoms with Crippen molar-refractivity contribution in [2.24, 2.45) is 0 Å². The van der Waals surface area contributed by atoms with Crippen molar-refractivity contribution < 1.29 is 0 Å². The molecule has 67 heavy (non-hydrogen) atoms. The van der Waals surface area contributed by atoms with E-state index in [-0.39, 0.29) is 0 Å². The van der Waals surface area contributed by atoms with Gasteiger partial charge in [-0.2, -0.15) is 0 Å². The van der Waals surface area contributed by atoms with Crippen LogP contribution in [0.15, 0.2) is 200 Å². The minimum Gasteiger partial charge on any atom is -0.310 e. The first-order chi connectivity index (χ1) is 32.4. The van der Waals surface area contributed by atoms with Crippen molar-refractivity contribution in [2.75, 3.05) is 19.6 Å². The number of benzene rings is 9. The van der Waals surface area contributed by atoms with Crippen LogP contribution in [0.3, 0.4) is 0 Å².